The highest BCUT2D eigenvalue weighted by atomic mass is 35.5. The first-order chi connectivity index (χ1) is 13.6. The third kappa shape index (κ3) is 2.96. The Morgan fingerprint density at radius 1 is 1.39 bits per heavy atom. The number of hydrogen-bond donors (Lipinski definition) is 2. The maximum Gasteiger partial charge on any atom is 0.319 e. The first kappa shape index (κ1) is 18.2. The standard InChI is InChI=1S/C20H25ClN4O3/c1-27-12-5-8-25(10-12)11-15-22-14-9-13(21)17-16(18(14)28-15)20(24-19(26)23-17)6-3-2-4-7-20/h9,12H,2-8,10-11H2,1H3,(H2,23,24,26). The largest absolute Gasteiger partial charge is 0.439 e. The predicted octanol–water partition coefficient (Wildman–Crippen LogP) is 4.00. The first-order valence-corrected chi connectivity index (χ1v) is 10.4. The number of likely N-dealkylation sites (tertiary alicyclic amines) is 1. The number of halogens is 1. The minimum atomic E-state index is -0.426. The Bertz CT molecular complexity index is 922. The zero-order valence-corrected chi connectivity index (χ0v) is 16.8. The van der Waals surface area contributed by atoms with E-state index >= 15 is 0 Å². The first-order valence-electron chi connectivity index (χ1n) is 10.0. The molecule has 1 aromatic heterocycles. The summed E-state index contributed by atoms with van der Waals surface area (Å²) >= 11 is 6.56. The third-order valence-corrected chi connectivity index (χ3v) is 6.67. The number of rotatable bonds is 3. The number of hydrogen-bond acceptors (Lipinski definition) is 5. The van der Waals surface area contributed by atoms with Crippen LogP contribution in [0.3, 0.4) is 0 Å². The van der Waals surface area contributed by atoms with Crippen molar-refractivity contribution >= 4 is 34.4 Å². The molecule has 1 saturated carbocycles. The van der Waals surface area contributed by atoms with E-state index < -0.39 is 5.54 Å². The van der Waals surface area contributed by atoms with Gasteiger partial charge in [-0.15, -0.1) is 0 Å². The zero-order valence-electron chi connectivity index (χ0n) is 16.0. The lowest BCUT2D eigenvalue weighted by Gasteiger charge is -2.42. The summed E-state index contributed by atoms with van der Waals surface area (Å²) < 4.78 is 11.7. The van der Waals surface area contributed by atoms with E-state index in [9.17, 15) is 4.79 Å². The SMILES string of the molecule is COC1CCN(Cc2nc3cc(Cl)c4c(c3o2)C2(CCCCC2)NC(=O)N4)C1. The van der Waals surface area contributed by atoms with Gasteiger partial charge in [-0.3, -0.25) is 4.90 Å². The molecule has 3 aliphatic rings. The monoisotopic (exact) mass is 404 g/mol. The molecule has 1 unspecified atom stereocenters. The van der Waals surface area contributed by atoms with Crippen molar-refractivity contribution in [1.82, 2.24) is 15.2 Å². The van der Waals surface area contributed by atoms with Crippen molar-refractivity contribution in [3.63, 3.8) is 0 Å². The number of amides is 2. The van der Waals surface area contributed by atoms with Crippen molar-refractivity contribution in [1.29, 1.82) is 0 Å². The number of fused-ring (bicyclic) bond motifs is 4. The second-order valence-electron chi connectivity index (χ2n) is 8.17. The van der Waals surface area contributed by atoms with Crippen LogP contribution in [0.1, 0.15) is 50.0 Å². The highest BCUT2D eigenvalue weighted by Crippen LogP contribution is 2.48. The van der Waals surface area contributed by atoms with Crippen molar-refractivity contribution in [2.24, 2.45) is 0 Å². The molecule has 2 fully saturated rings. The van der Waals surface area contributed by atoms with Gasteiger partial charge in [-0.05, 0) is 25.3 Å². The molecular formula is C20H25ClN4O3. The molecule has 1 spiro atoms. The molecule has 1 saturated heterocycles. The summed E-state index contributed by atoms with van der Waals surface area (Å²) in [5.41, 5.74) is 2.70. The Hall–Kier alpha value is -1.83. The molecule has 3 heterocycles. The number of carbonyl (C=O) groups excluding carboxylic acids is 1. The summed E-state index contributed by atoms with van der Waals surface area (Å²) in [4.78, 5) is 19.4. The maximum atomic E-state index is 12.3. The lowest BCUT2D eigenvalue weighted by atomic mass is 9.74. The van der Waals surface area contributed by atoms with Crippen molar-refractivity contribution in [3.05, 3.63) is 22.5 Å². The molecule has 2 amide bonds. The maximum absolute atomic E-state index is 12.3. The van der Waals surface area contributed by atoms with Gasteiger partial charge in [0.05, 0.1) is 28.9 Å². The molecule has 1 aromatic carbocycles. The van der Waals surface area contributed by atoms with Crippen LogP contribution in [0, 0.1) is 0 Å². The highest BCUT2D eigenvalue weighted by Gasteiger charge is 2.44. The number of aromatic nitrogens is 1. The number of nitrogens with zero attached hydrogens (tertiary/aromatic N) is 2. The minimum Gasteiger partial charge on any atom is -0.439 e. The van der Waals surface area contributed by atoms with Crippen LogP contribution in [0.5, 0.6) is 0 Å². The lowest BCUT2D eigenvalue weighted by Crippen LogP contribution is -2.52. The number of anilines is 1. The van der Waals surface area contributed by atoms with Gasteiger partial charge in [0.25, 0.3) is 0 Å². The van der Waals surface area contributed by atoms with Gasteiger partial charge in [0.1, 0.15) is 5.52 Å². The van der Waals surface area contributed by atoms with E-state index in [4.69, 9.17) is 25.7 Å². The van der Waals surface area contributed by atoms with Gasteiger partial charge in [-0.1, -0.05) is 30.9 Å². The fourth-order valence-electron chi connectivity index (χ4n) is 5.01. The van der Waals surface area contributed by atoms with Crippen molar-refractivity contribution < 1.29 is 13.9 Å². The van der Waals surface area contributed by atoms with Gasteiger partial charge in [-0.2, -0.15) is 0 Å². The normalized spacial score (nSPS) is 24.4. The molecule has 150 valence electrons. The van der Waals surface area contributed by atoms with E-state index in [1.807, 2.05) is 0 Å². The summed E-state index contributed by atoms with van der Waals surface area (Å²) in [6.07, 6.45) is 6.40. The fourth-order valence-corrected chi connectivity index (χ4v) is 5.25. The molecule has 1 atom stereocenters. The van der Waals surface area contributed by atoms with Crippen LogP contribution < -0.4 is 10.6 Å². The number of nitrogens with one attached hydrogen (secondary N) is 2. The Kier molecular flexibility index (Phi) is 4.49. The Balaban J connectivity index is 1.56. The van der Waals surface area contributed by atoms with Crippen LogP contribution in [-0.2, 0) is 16.8 Å². The quantitative estimate of drug-likeness (QED) is 0.808. The average molecular weight is 405 g/mol. The number of methoxy groups -OCH3 is 1. The smallest absolute Gasteiger partial charge is 0.319 e. The molecular weight excluding hydrogens is 380 g/mol. The Morgan fingerprint density at radius 3 is 2.96 bits per heavy atom. The van der Waals surface area contributed by atoms with Crippen molar-refractivity contribution in [2.45, 2.75) is 56.7 Å². The van der Waals surface area contributed by atoms with Gasteiger partial charge in [0, 0.05) is 25.8 Å². The van der Waals surface area contributed by atoms with Gasteiger partial charge in [0.15, 0.2) is 5.58 Å². The average Bonchev–Trinajstić information content (AvgIpc) is 3.29. The molecule has 1 aliphatic carbocycles. The van der Waals surface area contributed by atoms with E-state index in [0.29, 0.717) is 23.1 Å². The predicted molar refractivity (Wildman–Crippen MR) is 107 cm³/mol. The molecule has 8 heteroatoms. The third-order valence-electron chi connectivity index (χ3n) is 6.38. The van der Waals surface area contributed by atoms with Gasteiger partial charge in [0.2, 0.25) is 5.89 Å². The van der Waals surface area contributed by atoms with Crippen LogP contribution in [-0.4, -0.2) is 42.2 Å². The summed E-state index contributed by atoms with van der Waals surface area (Å²) in [6.45, 7) is 2.50. The van der Waals surface area contributed by atoms with Crippen molar-refractivity contribution in [3.8, 4) is 0 Å². The van der Waals surface area contributed by atoms with E-state index in [0.717, 1.165) is 61.9 Å². The Morgan fingerprint density at radius 2 is 2.21 bits per heavy atom. The molecule has 2 aliphatic heterocycles. The van der Waals surface area contributed by atoms with Gasteiger partial charge in [-0.25, -0.2) is 9.78 Å². The minimum absolute atomic E-state index is 0.196. The zero-order chi connectivity index (χ0) is 19.3. The van der Waals surface area contributed by atoms with Crippen LogP contribution in [0.15, 0.2) is 10.5 Å². The lowest BCUT2D eigenvalue weighted by molar-refractivity contribution is 0.106. The molecule has 2 aromatic rings. The summed E-state index contributed by atoms with van der Waals surface area (Å²) in [5, 5.41) is 6.59. The molecule has 2 N–H and O–H groups in total. The molecule has 28 heavy (non-hydrogen) atoms. The van der Waals surface area contributed by atoms with E-state index in [2.05, 4.69) is 15.5 Å². The second kappa shape index (κ2) is 6.90. The number of oxazole rings is 1. The van der Waals surface area contributed by atoms with Crippen LogP contribution in [0.25, 0.3) is 11.1 Å². The van der Waals surface area contributed by atoms with Crippen LogP contribution in [0.2, 0.25) is 5.02 Å². The van der Waals surface area contributed by atoms with E-state index in [1.54, 1.807) is 13.2 Å². The number of benzene rings is 1. The molecule has 0 radical (unpaired) electrons. The second-order valence-corrected chi connectivity index (χ2v) is 8.57. The van der Waals surface area contributed by atoms with E-state index in [1.165, 1.54) is 6.42 Å². The van der Waals surface area contributed by atoms with Crippen molar-refractivity contribution in [2.75, 3.05) is 25.5 Å². The number of carbonyl (C=O) groups is 1. The van der Waals surface area contributed by atoms with E-state index in [-0.39, 0.29) is 12.1 Å². The highest BCUT2D eigenvalue weighted by molar-refractivity contribution is 6.35. The number of ether oxygens (including phenoxy) is 1. The van der Waals surface area contributed by atoms with Crippen LogP contribution >= 0.6 is 11.6 Å². The van der Waals surface area contributed by atoms with Gasteiger partial charge < -0.3 is 19.8 Å². The molecule has 5 rings (SSSR count). The van der Waals surface area contributed by atoms with Gasteiger partial charge >= 0.3 is 6.03 Å². The Labute approximate surface area is 168 Å². The fraction of sp³-hybridized carbons (Fsp3) is 0.600. The van der Waals surface area contributed by atoms with Crippen LogP contribution in [0.4, 0.5) is 10.5 Å². The summed E-state index contributed by atoms with van der Waals surface area (Å²) in [5.74, 6) is 0.680. The topological polar surface area (TPSA) is 79.6 Å². The summed E-state index contributed by atoms with van der Waals surface area (Å²) in [7, 11) is 1.76. The number of urea groups is 1. The summed E-state index contributed by atoms with van der Waals surface area (Å²) in [6, 6.07) is 1.60. The molecule has 7 nitrogen and oxygen atoms in total. The molecule has 0 bridgehead atoms.